The lowest BCUT2D eigenvalue weighted by Gasteiger charge is -2.35. The molecule has 1 amide bonds. The van der Waals surface area contributed by atoms with Crippen molar-refractivity contribution in [1.82, 2.24) is 14.9 Å². The second-order valence-corrected chi connectivity index (χ2v) is 7.67. The number of piperidine rings is 1. The topological polar surface area (TPSA) is 70.6 Å². The molecule has 7 nitrogen and oxygen atoms in total. The first-order chi connectivity index (χ1) is 13.6. The molecule has 1 unspecified atom stereocenters. The second kappa shape index (κ2) is 8.14. The lowest BCUT2D eigenvalue weighted by atomic mass is 9.97. The third-order valence-electron chi connectivity index (χ3n) is 5.51. The van der Waals surface area contributed by atoms with Gasteiger partial charge in [0.05, 0.1) is 6.61 Å². The summed E-state index contributed by atoms with van der Waals surface area (Å²) in [5, 5.41) is 3.48. The number of hydrogen-bond donors (Lipinski definition) is 1. The lowest BCUT2D eigenvalue weighted by Crippen LogP contribution is -2.48. The average Bonchev–Trinajstić information content (AvgIpc) is 2.73. The van der Waals surface area contributed by atoms with Gasteiger partial charge in [-0.25, -0.2) is 9.97 Å². The smallest absolute Gasteiger partial charge is 0.252 e. The summed E-state index contributed by atoms with van der Waals surface area (Å²) in [4.78, 5) is 25.4. The maximum absolute atomic E-state index is 12.9. The summed E-state index contributed by atoms with van der Waals surface area (Å²) in [6.07, 6.45) is 3.69. The largest absolute Gasteiger partial charge is 0.367 e. The molecule has 1 atom stereocenters. The van der Waals surface area contributed by atoms with E-state index < -0.39 is 0 Å². The van der Waals surface area contributed by atoms with Crippen LogP contribution in [0.2, 0.25) is 0 Å². The Morgan fingerprint density at radius 3 is 2.68 bits per heavy atom. The number of benzene rings is 1. The van der Waals surface area contributed by atoms with E-state index in [1.54, 1.807) is 6.33 Å². The predicted octanol–water partition coefficient (Wildman–Crippen LogP) is 2.09. The van der Waals surface area contributed by atoms with Gasteiger partial charge in [0.1, 0.15) is 24.1 Å². The first-order valence-corrected chi connectivity index (χ1v) is 9.83. The summed E-state index contributed by atoms with van der Waals surface area (Å²) >= 11 is 0. The summed E-state index contributed by atoms with van der Waals surface area (Å²) < 4.78 is 5.85. The van der Waals surface area contributed by atoms with Gasteiger partial charge in [-0.15, -0.1) is 0 Å². The van der Waals surface area contributed by atoms with Crippen molar-refractivity contribution in [3.8, 4) is 0 Å². The second-order valence-electron chi connectivity index (χ2n) is 7.67. The Bertz CT molecular complexity index is 833. The number of amides is 1. The van der Waals surface area contributed by atoms with Crippen LogP contribution in [0.4, 0.5) is 11.6 Å². The summed E-state index contributed by atoms with van der Waals surface area (Å²) in [7, 11) is 3.92. The van der Waals surface area contributed by atoms with Crippen LogP contribution in [0.25, 0.3) is 0 Å². The molecule has 1 fully saturated rings. The number of rotatable bonds is 4. The van der Waals surface area contributed by atoms with Crippen LogP contribution >= 0.6 is 0 Å². The third-order valence-corrected chi connectivity index (χ3v) is 5.51. The number of nitrogens with zero attached hydrogens (tertiary/aromatic N) is 4. The number of fused-ring (bicyclic) bond motifs is 1. The Hall–Kier alpha value is -2.67. The fourth-order valence-corrected chi connectivity index (χ4v) is 3.83. The molecule has 1 aromatic heterocycles. The minimum absolute atomic E-state index is 0.116. The van der Waals surface area contributed by atoms with Crippen molar-refractivity contribution in [2.75, 3.05) is 37.4 Å². The van der Waals surface area contributed by atoms with Crippen LogP contribution in [0.5, 0.6) is 0 Å². The van der Waals surface area contributed by atoms with E-state index in [1.807, 2.05) is 42.1 Å². The van der Waals surface area contributed by atoms with Gasteiger partial charge < -0.3 is 19.9 Å². The highest BCUT2D eigenvalue weighted by Crippen LogP contribution is 2.23. The van der Waals surface area contributed by atoms with Crippen molar-refractivity contribution in [2.45, 2.75) is 38.0 Å². The van der Waals surface area contributed by atoms with E-state index in [-0.39, 0.29) is 12.0 Å². The number of hydrogen-bond acceptors (Lipinski definition) is 6. The number of aromatic nitrogens is 2. The van der Waals surface area contributed by atoms with Crippen molar-refractivity contribution < 1.29 is 9.53 Å². The molecule has 7 heteroatoms. The number of carbonyl (C=O) groups excluding carboxylic acids is 1. The van der Waals surface area contributed by atoms with E-state index in [2.05, 4.69) is 27.4 Å². The number of carbonyl (C=O) groups is 1. The van der Waals surface area contributed by atoms with Crippen molar-refractivity contribution in [2.24, 2.45) is 0 Å². The minimum Gasteiger partial charge on any atom is -0.367 e. The zero-order valence-corrected chi connectivity index (χ0v) is 16.5. The molecule has 2 aromatic rings. The highest BCUT2D eigenvalue weighted by Gasteiger charge is 2.31. The predicted molar refractivity (Wildman–Crippen MR) is 108 cm³/mol. The van der Waals surface area contributed by atoms with Gasteiger partial charge in [-0.05, 0) is 24.0 Å². The summed E-state index contributed by atoms with van der Waals surface area (Å²) in [5.74, 6) is 1.82. The van der Waals surface area contributed by atoms with Crippen molar-refractivity contribution in [3.05, 3.63) is 47.8 Å². The SMILES string of the molecule is CN(C)c1cc(NC2CCN(C(=O)C3Cc4ccccc4CO3)CC2)ncn1. The Morgan fingerprint density at radius 1 is 1.18 bits per heavy atom. The maximum atomic E-state index is 12.9. The number of likely N-dealkylation sites (tertiary alicyclic amines) is 1. The van der Waals surface area contributed by atoms with Crippen LogP contribution in [0, 0.1) is 0 Å². The van der Waals surface area contributed by atoms with Crippen LogP contribution in [0.1, 0.15) is 24.0 Å². The Morgan fingerprint density at radius 2 is 1.93 bits per heavy atom. The van der Waals surface area contributed by atoms with Gasteiger partial charge in [0, 0.05) is 45.7 Å². The zero-order chi connectivity index (χ0) is 19.5. The van der Waals surface area contributed by atoms with Gasteiger partial charge in [-0.3, -0.25) is 4.79 Å². The summed E-state index contributed by atoms with van der Waals surface area (Å²) in [5.41, 5.74) is 2.42. The van der Waals surface area contributed by atoms with Crippen LogP contribution in [0.15, 0.2) is 36.7 Å². The highest BCUT2D eigenvalue weighted by atomic mass is 16.5. The molecule has 0 aliphatic carbocycles. The fraction of sp³-hybridized carbons (Fsp3) is 0.476. The normalized spacial score (nSPS) is 19.8. The molecule has 148 valence electrons. The molecule has 2 aliphatic rings. The van der Waals surface area contributed by atoms with Crippen molar-refractivity contribution in [1.29, 1.82) is 0 Å². The first kappa shape index (κ1) is 18.7. The molecule has 28 heavy (non-hydrogen) atoms. The Kier molecular flexibility index (Phi) is 5.43. The van der Waals surface area contributed by atoms with Crippen LogP contribution in [0.3, 0.4) is 0 Å². The highest BCUT2D eigenvalue weighted by molar-refractivity contribution is 5.81. The zero-order valence-electron chi connectivity index (χ0n) is 16.5. The van der Waals surface area contributed by atoms with Gasteiger partial charge in [-0.2, -0.15) is 0 Å². The standard InChI is InChI=1S/C21H27N5O2/c1-25(2)20-12-19(22-14-23-20)24-17-7-9-26(10-8-17)21(27)18-11-15-5-3-4-6-16(15)13-28-18/h3-6,12,14,17-18H,7-11,13H2,1-2H3,(H,22,23,24). The molecule has 2 aliphatic heterocycles. The van der Waals surface area contributed by atoms with E-state index >= 15 is 0 Å². The van der Waals surface area contributed by atoms with Gasteiger partial charge in [0.2, 0.25) is 0 Å². The third kappa shape index (κ3) is 4.09. The van der Waals surface area contributed by atoms with Crippen molar-refractivity contribution in [3.63, 3.8) is 0 Å². The fourth-order valence-electron chi connectivity index (χ4n) is 3.83. The molecule has 1 aromatic carbocycles. The van der Waals surface area contributed by atoms with E-state index in [4.69, 9.17) is 4.74 Å². The molecule has 0 bridgehead atoms. The molecule has 1 N–H and O–H groups in total. The molecule has 0 spiro atoms. The van der Waals surface area contributed by atoms with Gasteiger partial charge >= 0.3 is 0 Å². The molecular weight excluding hydrogens is 354 g/mol. The molecule has 0 saturated carbocycles. The van der Waals surface area contributed by atoms with Crippen LogP contribution in [-0.4, -0.2) is 60.1 Å². The Labute approximate surface area is 165 Å². The first-order valence-electron chi connectivity index (χ1n) is 9.83. The average molecular weight is 381 g/mol. The van der Waals surface area contributed by atoms with E-state index in [0.717, 1.165) is 37.6 Å². The Balaban J connectivity index is 1.31. The lowest BCUT2D eigenvalue weighted by molar-refractivity contribution is -0.146. The van der Waals surface area contributed by atoms with Crippen LogP contribution in [-0.2, 0) is 22.6 Å². The van der Waals surface area contributed by atoms with Gasteiger partial charge in [-0.1, -0.05) is 24.3 Å². The number of ether oxygens (including phenoxy) is 1. The van der Waals surface area contributed by atoms with E-state index in [1.165, 1.54) is 11.1 Å². The van der Waals surface area contributed by atoms with Gasteiger partial charge in [0.15, 0.2) is 0 Å². The summed E-state index contributed by atoms with van der Waals surface area (Å²) in [6, 6.07) is 10.5. The number of nitrogens with one attached hydrogen (secondary N) is 1. The molecule has 0 radical (unpaired) electrons. The number of anilines is 2. The monoisotopic (exact) mass is 381 g/mol. The maximum Gasteiger partial charge on any atom is 0.252 e. The van der Waals surface area contributed by atoms with Crippen molar-refractivity contribution >= 4 is 17.5 Å². The van der Waals surface area contributed by atoms with E-state index in [0.29, 0.717) is 19.1 Å². The minimum atomic E-state index is -0.357. The quantitative estimate of drug-likeness (QED) is 0.875. The molecule has 1 saturated heterocycles. The summed E-state index contributed by atoms with van der Waals surface area (Å²) in [6.45, 7) is 2.00. The molecule has 4 rings (SSSR count). The molecule has 3 heterocycles. The van der Waals surface area contributed by atoms with Crippen LogP contribution < -0.4 is 10.2 Å². The van der Waals surface area contributed by atoms with E-state index in [9.17, 15) is 4.79 Å². The molecular formula is C21H27N5O2. The van der Waals surface area contributed by atoms with Gasteiger partial charge in [0.25, 0.3) is 5.91 Å².